The van der Waals surface area contributed by atoms with Crippen LogP contribution in [0.5, 0.6) is 0 Å². The molecular weight excluding hydrogens is 326 g/mol. The summed E-state index contributed by atoms with van der Waals surface area (Å²) < 4.78 is 0. The number of nitrogens with one attached hydrogen (secondary N) is 1. The van der Waals surface area contributed by atoms with Crippen LogP contribution in [0.2, 0.25) is 0 Å². The highest BCUT2D eigenvalue weighted by atomic mass is 32.2. The summed E-state index contributed by atoms with van der Waals surface area (Å²) in [5.41, 5.74) is 1.53. The first kappa shape index (κ1) is 16.4. The molecule has 1 aromatic carbocycles. The average Bonchev–Trinajstić information content (AvgIpc) is 2.83. The molecule has 24 heavy (non-hydrogen) atoms. The molecular formula is C17H17N3O3S. The lowest BCUT2D eigenvalue weighted by atomic mass is 10.1. The zero-order valence-electron chi connectivity index (χ0n) is 13.2. The minimum absolute atomic E-state index is 0.162. The second-order valence-corrected chi connectivity index (χ2v) is 6.49. The summed E-state index contributed by atoms with van der Waals surface area (Å²) in [6, 6.07) is 8.35. The molecule has 1 aromatic heterocycles. The summed E-state index contributed by atoms with van der Waals surface area (Å²) in [5, 5.41) is 0.571. The van der Waals surface area contributed by atoms with Crippen LogP contribution in [-0.4, -0.2) is 39.0 Å². The second kappa shape index (κ2) is 7.00. The van der Waals surface area contributed by atoms with Crippen molar-refractivity contribution in [3.8, 4) is 0 Å². The van der Waals surface area contributed by atoms with E-state index in [4.69, 9.17) is 0 Å². The fourth-order valence-corrected chi connectivity index (χ4v) is 3.39. The molecule has 0 bridgehead atoms. The number of benzene rings is 1. The third-order valence-corrected chi connectivity index (χ3v) is 4.74. The number of amides is 2. The van der Waals surface area contributed by atoms with Gasteiger partial charge in [0.1, 0.15) is 0 Å². The van der Waals surface area contributed by atoms with Gasteiger partial charge in [0.25, 0.3) is 17.4 Å². The number of aryl methyl sites for hydroxylation is 1. The molecule has 0 saturated heterocycles. The SMILES string of the molecule is CCc1cc(=O)[nH]c(SCCCN2C(=O)c3ccccc3C2=O)n1. The van der Waals surface area contributed by atoms with Gasteiger partial charge in [-0.2, -0.15) is 0 Å². The Morgan fingerprint density at radius 2 is 1.79 bits per heavy atom. The maximum Gasteiger partial charge on any atom is 0.261 e. The van der Waals surface area contributed by atoms with E-state index in [1.807, 2.05) is 6.92 Å². The van der Waals surface area contributed by atoms with E-state index >= 15 is 0 Å². The van der Waals surface area contributed by atoms with Crippen molar-refractivity contribution in [2.24, 2.45) is 0 Å². The standard InChI is InChI=1S/C17H17N3O3S/c1-2-11-10-14(21)19-17(18-11)24-9-5-8-20-15(22)12-6-3-4-7-13(12)16(20)23/h3-4,6-7,10H,2,5,8-9H2,1H3,(H,18,19,21). The van der Waals surface area contributed by atoms with Gasteiger partial charge in [-0.15, -0.1) is 0 Å². The van der Waals surface area contributed by atoms with Crippen molar-refractivity contribution in [1.82, 2.24) is 14.9 Å². The first-order chi connectivity index (χ1) is 11.6. The molecule has 2 amide bonds. The average molecular weight is 343 g/mol. The summed E-state index contributed by atoms with van der Waals surface area (Å²) >= 11 is 1.42. The Balaban J connectivity index is 1.56. The Labute approximate surface area is 143 Å². The zero-order chi connectivity index (χ0) is 17.1. The molecule has 0 radical (unpaired) electrons. The number of rotatable bonds is 6. The second-order valence-electron chi connectivity index (χ2n) is 5.40. The van der Waals surface area contributed by atoms with Crippen molar-refractivity contribution in [1.29, 1.82) is 0 Å². The molecule has 2 aromatic rings. The van der Waals surface area contributed by atoms with E-state index in [1.54, 1.807) is 24.3 Å². The molecule has 0 fully saturated rings. The molecule has 0 atom stereocenters. The van der Waals surface area contributed by atoms with Gasteiger partial charge < -0.3 is 4.98 Å². The summed E-state index contributed by atoms with van der Waals surface area (Å²) in [6.07, 6.45) is 1.34. The smallest absolute Gasteiger partial charge is 0.261 e. The number of hydrogen-bond acceptors (Lipinski definition) is 5. The van der Waals surface area contributed by atoms with Crippen LogP contribution in [0.25, 0.3) is 0 Å². The van der Waals surface area contributed by atoms with Gasteiger partial charge in [0.15, 0.2) is 5.16 Å². The van der Waals surface area contributed by atoms with E-state index in [-0.39, 0.29) is 17.4 Å². The highest BCUT2D eigenvalue weighted by Crippen LogP contribution is 2.23. The van der Waals surface area contributed by atoms with Gasteiger partial charge in [-0.25, -0.2) is 4.98 Å². The van der Waals surface area contributed by atoms with Crippen LogP contribution >= 0.6 is 11.8 Å². The third kappa shape index (κ3) is 3.26. The molecule has 0 unspecified atom stereocenters. The fourth-order valence-electron chi connectivity index (χ4n) is 2.57. The maximum atomic E-state index is 12.2. The number of carbonyl (C=O) groups excluding carboxylic acids is 2. The Morgan fingerprint density at radius 3 is 2.42 bits per heavy atom. The third-order valence-electron chi connectivity index (χ3n) is 3.78. The predicted octanol–water partition coefficient (Wildman–Crippen LogP) is 2.11. The minimum Gasteiger partial charge on any atom is -0.301 e. The lowest BCUT2D eigenvalue weighted by Gasteiger charge is -2.13. The van der Waals surface area contributed by atoms with Gasteiger partial charge in [0.05, 0.1) is 11.1 Å². The summed E-state index contributed by atoms with van der Waals surface area (Å²) in [7, 11) is 0. The van der Waals surface area contributed by atoms with Crippen molar-refractivity contribution in [2.45, 2.75) is 24.9 Å². The Kier molecular flexibility index (Phi) is 4.80. The normalized spacial score (nSPS) is 13.5. The van der Waals surface area contributed by atoms with Gasteiger partial charge >= 0.3 is 0 Å². The lowest BCUT2D eigenvalue weighted by Crippen LogP contribution is -2.31. The van der Waals surface area contributed by atoms with Gasteiger partial charge in [-0.1, -0.05) is 30.8 Å². The van der Waals surface area contributed by atoms with Gasteiger partial charge in [-0.05, 0) is 25.0 Å². The van der Waals surface area contributed by atoms with Crippen LogP contribution < -0.4 is 5.56 Å². The van der Waals surface area contributed by atoms with E-state index in [2.05, 4.69) is 9.97 Å². The zero-order valence-corrected chi connectivity index (χ0v) is 14.1. The number of fused-ring (bicyclic) bond motifs is 1. The van der Waals surface area contributed by atoms with E-state index in [1.165, 1.54) is 22.7 Å². The van der Waals surface area contributed by atoms with Crippen molar-refractivity contribution >= 4 is 23.6 Å². The van der Waals surface area contributed by atoms with Crippen LogP contribution in [0.4, 0.5) is 0 Å². The minimum atomic E-state index is -0.236. The van der Waals surface area contributed by atoms with Crippen molar-refractivity contribution in [2.75, 3.05) is 12.3 Å². The van der Waals surface area contributed by atoms with E-state index < -0.39 is 0 Å². The first-order valence-corrected chi connectivity index (χ1v) is 8.77. The van der Waals surface area contributed by atoms with Crippen LogP contribution in [0.15, 0.2) is 40.3 Å². The molecule has 1 aliphatic heterocycles. The highest BCUT2D eigenvalue weighted by molar-refractivity contribution is 7.99. The van der Waals surface area contributed by atoms with Crippen molar-refractivity contribution in [3.05, 3.63) is 57.5 Å². The topological polar surface area (TPSA) is 83.1 Å². The predicted molar refractivity (Wildman–Crippen MR) is 91.4 cm³/mol. The van der Waals surface area contributed by atoms with Crippen LogP contribution in [-0.2, 0) is 6.42 Å². The quantitative estimate of drug-likeness (QED) is 0.376. The molecule has 2 heterocycles. The van der Waals surface area contributed by atoms with E-state index in [9.17, 15) is 14.4 Å². The number of nitrogens with zero attached hydrogens (tertiary/aromatic N) is 2. The highest BCUT2D eigenvalue weighted by Gasteiger charge is 2.34. The van der Waals surface area contributed by atoms with Crippen LogP contribution in [0.1, 0.15) is 39.8 Å². The number of carbonyl (C=O) groups is 2. The number of thioether (sulfide) groups is 1. The first-order valence-electron chi connectivity index (χ1n) is 7.78. The van der Waals surface area contributed by atoms with Crippen LogP contribution in [0.3, 0.4) is 0 Å². The van der Waals surface area contributed by atoms with E-state index in [0.717, 1.165) is 5.69 Å². The number of aromatic nitrogens is 2. The van der Waals surface area contributed by atoms with Crippen molar-refractivity contribution < 1.29 is 9.59 Å². The molecule has 1 aliphatic rings. The number of imide groups is 1. The lowest BCUT2D eigenvalue weighted by molar-refractivity contribution is 0.0655. The Morgan fingerprint density at radius 1 is 1.12 bits per heavy atom. The van der Waals surface area contributed by atoms with Crippen molar-refractivity contribution in [3.63, 3.8) is 0 Å². The molecule has 6 nitrogen and oxygen atoms in total. The monoisotopic (exact) mass is 343 g/mol. The Hall–Kier alpha value is -2.41. The summed E-state index contributed by atoms with van der Waals surface area (Å²) in [6.45, 7) is 2.30. The molecule has 124 valence electrons. The largest absolute Gasteiger partial charge is 0.301 e. The molecule has 7 heteroatoms. The maximum absolute atomic E-state index is 12.2. The Bertz CT molecular complexity index is 812. The number of aromatic amines is 1. The van der Waals surface area contributed by atoms with Gasteiger partial charge in [0.2, 0.25) is 0 Å². The molecule has 0 spiro atoms. The van der Waals surface area contributed by atoms with Gasteiger partial charge in [-0.3, -0.25) is 19.3 Å². The van der Waals surface area contributed by atoms with Crippen LogP contribution in [0, 0.1) is 0 Å². The fraction of sp³-hybridized carbons (Fsp3) is 0.294. The van der Waals surface area contributed by atoms with Gasteiger partial charge in [0, 0.05) is 24.1 Å². The number of H-pyrrole nitrogens is 1. The molecule has 1 N–H and O–H groups in total. The number of hydrogen-bond donors (Lipinski definition) is 1. The summed E-state index contributed by atoms with van der Waals surface area (Å²) in [4.78, 5) is 44.3. The molecule has 0 saturated carbocycles. The van der Waals surface area contributed by atoms with E-state index in [0.29, 0.717) is 41.4 Å². The summed E-state index contributed by atoms with van der Waals surface area (Å²) in [5.74, 6) is 0.184. The molecule has 0 aliphatic carbocycles. The molecule has 3 rings (SSSR count).